The van der Waals surface area contributed by atoms with Crippen LogP contribution >= 0.6 is 27.3 Å². The lowest BCUT2D eigenvalue weighted by molar-refractivity contribution is -0.138. The minimum absolute atomic E-state index is 0.204. The molecule has 2 heterocycles. The number of aliphatic carboxylic acids is 1. The maximum Gasteiger partial charge on any atom is 0.323 e. The van der Waals surface area contributed by atoms with Gasteiger partial charge in [0.2, 0.25) is 0 Å². The standard InChI is InChI=1S/C10H10BrNO3S/c1-10(2)8-5(3-6(11)16-8)9(15)12(10)4-7(13)14/h3H,4H2,1-2H3,(H,13,14). The van der Waals surface area contributed by atoms with E-state index < -0.39 is 11.5 Å². The van der Waals surface area contributed by atoms with E-state index in [1.54, 1.807) is 6.07 Å². The highest BCUT2D eigenvalue weighted by molar-refractivity contribution is 9.11. The average Bonchev–Trinajstić information content (AvgIpc) is 2.61. The van der Waals surface area contributed by atoms with E-state index in [9.17, 15) is 9.59 Å². The van der Waals surface area contributed by atoms with Crippen LogP contribution in [0.5, 0.6) is 0 Å². The summed E-state index contributed by atoms with van der Waals surface area (Å²) >= 11 is 4.82. The zero-order valence-electron chi connectivity index (χ0n) is 8.78. The Kier molecular flexibility index (Phi) is 2.58. The summed E-state index contributed by atoms with van der Waals surface area (Å²) in [4.78, 5) is 25.1. The fourth-order valence-corrected chi connectivity index (χ4v) is 3.60. The minimum Gasteiger partial charge on any atom is -0.480 e. The number of hydrogen-bond acceptors (Lipinski definition) is 3. The van der Waals surface area contributed by atoms with Crippen LogP contribution < -0.4 is 0 Å². The number of nitrogens with zero attached hydrogens (tertiary/aromatic N) is 1. The Morgan fingerprint density at radius 1 is 1.62 bits per heavy atom. The van der Waals surface area contributed by atoms with Crippen LogP contribution in [-0.2, 0) is 10.3 Å². The van der Waals surface area contributed by atoms with Crippen molar-refractivity contribution >= 4 is 39.1 Å². The van der Waals surface area contributed by atoms with Crippen LogP contribution in [0.1, 0.15) is 29.1 Å². The number of carbonyl (C=O) groups is 2. The first kappa shape index (κ1) is 11.6. The van der Waals surface area contributed by atoms with Crippen molar-refractivity contribution in [1.29, 1.82) is 0 Å². The number of carboxylic acid groups (broad SMARTS) is 1. The molecule has 16 heavy (non-hydrogen) atoms. The van der Waals surface area contributed by atoms with Gasteiger partial charge in [-0.3, -0.25) is 9.59 Å². The first-order valence-electron chi connectivity index (χ1n) is 4.67. The van der Waals surface area contributed by atoms with Gasteiger partial charge in [-0.2, -0.15) is 0 Å². The van der Waals surface area contributed by atoms with E-state index in [0.29, 0.717) is 5.56 Å². The number of hydrogen-bond donors (Lipinski definition) is 1. The fraction of sp³-hybridized carbons (Fsp3) is 0.400. The van der Waals surface area contributed by atoms with E-state index in [1.165, 1.54) is 16.2 Å². The van der Waals surface area contributed by atoms with Crippen LogP contribution in [0, 0.1) is 0 Å². The summed E-state index contributed by atoms with van der Waals surface area (Å²) in [7, 11) is 0. The van der Waals surface area contributed by atoms with Crippen molar-refractivity contribution in [1.82, 2.24) is 4.90 Å². The van der Waals surface area contributed by atoms with Gasteiger partial charge in [-0.15, -0.1) is 11.3 Å². The van der Waals surface area contributed by atoms with Gasteiger partial charge in [-0.05, 0) is 35.8 Å². The Hall–Kier alpha value is -0.880. The van der Waals surface area contributed by atoms with Gasteiger partial charge in [0.15, 0.2) is 0 Å². The molecule has 0 spiro atoms. The van der Waals surface area contributed by atoms with Gasteiger partial charge in [0, 0.05) is 4.88 Å². The minimum atomic E-state index is -0.990. The number of carboxylic acids is 1. The van der Waals surface area contributed by atoms with Crippen LogP contribution in [-0.4, -0.2) is 28.4 Å². The van der Waals surface area contributed by atoms with Crippen molar-refractivity contribution < 1.29 is 14.7 Å². The Bertz CT molecular complexity index is 480. The van der Waals surface area contributed by atoms with Crippen LogP contribution in [0.3, 0.4) is 0 Å². The second-order valence-electron chi connectivity index (χ2n) is 4.14. The second kappa shape index (κ2) is 3.56. The van der Waals surface area contributed by atoms with Gasteiger partial charge in [0.05, 0.1) is 14.9 Å². The number of carbonyl (C=O) groups excluding carboxylic acids is 1. The first-order valence-corrected chi connectivity index (χ1v) is 6.28. The molecule has 0 atom stereocenters. The number of fused-ring (bicyclic) bond motifs is 1. The van der Waals surface area contributed by atoms with Crippen molar-refractivity contribution in [3.63, 3.8) is 0 Å². The van der Waals surface area contributed by atoms with E-state index >= 15 is 0 Å². The van der Waals surface area contributed by atoms with Crippen molar-refractivity contribution in [3.8, 4) is 0 Å². The lowest BCUT2D eigenvalue weighted by Crippen LogP contribution is -2.42. The molecular weight excluding hydrogens is 294 g/mol. The number of halogens is 1. The van der Waals surface area contributed by atoms with Crippen LogP contribution in [0.4, 0.5) is 0 Å². The molecule has 0 unspecified atom stereocenters. The highest BCUT2D eigenvalue weighted by Gasteiger charge is 2.45. The molecule has 4 nitrogen and oxygen atoms in total. The average molecular weight is 304 g/mol. The molecule has 0 aliphatic carbocycles. The maximum absolute atomic E-state index is 12.0. The molecule has 0 fully saturated rings. The summed E-state index contributed by atoms with van der Waals surface area (Å²) in [5.41, 5.74) is 0.0738. The molecule has 86 valence electrons. The lowest BCUT2D eigenvalue weighted by Gasteiger charge is -2.30. The molecule has 0 saturated carbocycles. The van der Waals surface area contributed by atoms with Crippen LogP contribution in [0.25, 0.3) is 0 Å². The number of amides is 1. The normalized spacial score (nSPS) is 17.7. The Morgan fingerprint density at radius 3 is 2.75 bits per heavy atom. The van der Waals surface area contributed by atoms with E-state index in [4.69, 9.17) is 5.11 Å². The third-order valence-corrected chi connectivity index (χ3v) is 4.65. The molecule has 1 aliphatic rings. The molecular formula is C10H10BrNO3S. The molecule has 0 saturated heterocycles. The molecule has 1 aromatic heterocycles. The topological polar surface area (TPSA) is 57.6 Å². The number of rotatable bonds is 2. The summed E-state index contributed by atoms with van der Waals surface area (Å²) in [6.45, 7) is 3.47. The molecule has 2 rings (SSSR count). The summed E-state index contributed by atoms with van der Waals surface area (Å²) in [5, 5.41) is 8.80. The van der Waals surface area contributed by atoms with Crippen LogP contribution in [0.15, 0.2) is 9.85 Å². The van der Waals surface area contributed by atoms with Gasteiger partial charge in [-0.1, -0.05) is 0 Å². The second-order valence-corrected chi connectivity index (χ2v) is 6.57. The molecule has 6 heteroatoms. The molecule has 0 aromatic carbocycles. The SMILES string of the molecule is CC1(C)c2sc(Br)cc2C(=O)N1CC(=O)O. The quantitative estimate of drug-likeness (QED) is 0.912. The summed E-state index contributed by atoms with van der Waals surface area (Å²) < 4.78 is 0.897. The third-order valence-electron chi connectivity index (χ3n) is 2.70. The van der Waals surface area contributed by atoms with Crippen molar-refractivity contribution in [2.75, 3.05) is 6.54 Å². The van der Waals surface area contributed by atoms with Gasteiger partial charge >= 0.3 is 5.97 Å². The van der Waals surface area contributed by atoms with Gasteiger partial charge < -0.3 is 10.0 Å². The fourth-order valence-electron chi connectivity index (χ4n) is 1.90. The first-order chi connectivity index (χ1) is 7.34. The Labute approximate surface area is 105 Å². The number of thiophene rings is 1. The van der Waals surface area contributed by atoms with Gasteiger partial charge in [0.25, 0.3) is 5.91 Å². The molecule has 1 aromatic rings. The van der Waals surface area contributed by atoms with Crippen molar-refractivity contribution in [2.24, 2.45) is 0 Å². The van der Waals surface area contributed by atoms with E-state index in [1.807, 2.05) is 13.8 Å². The third kappa shape index (κ3) is 1.56. The Balaban J connectivity index is 2.46. The van der Waals surface area contributed by atoms with Crippen molar-refractivity contribution in [3.05, 3.63) is 20.3 Å². The molecule has 1 amide bonds. The lowest BCUT2D eigenvalue weighted by atomic mass is 10.0. The summed E-state index contributed by atoms with van der Waals surface area (Å²) in [6.07, 6.45) is 0. The van der Waals surface area contributed by atoms with Crippen LogP contribution in [0.2, 0.25) is 0 Å². The zero-order valence-corrected chi connectivity index (χ0v) is 11.2. The monoisotopic (exact) mass is 303 g/mol. The maximum atomic E-state index is 12.0. The zero-order chi connectivity index (χ0) is 12.1. The highest BCUT2D eigenvalue weighted by Crippen LogP contribution is 2.44. The molecule has 0 radical (unpaired) electrons. The van der Waals surface area contributed by atoms with Gasteiger partial charge in [-0.25, -0.2) is 0 Å². The molecule has 1 N–H and O–H groups in total. The molecule has 0 bridgehead atoms. The predicted octanol–water partition coefficient (Wildman–Crippen LogP) is 2.29. The largest absolute Gasteiger partial charge is 0.480 e. The smallest absolute Gasteiger partial charge is 0.323 e. The van der Waals surface area contributed by atoms with Crippen molar-refractivity contribution in [2.45, 2.75) is 19.4 Å². The van der Waals surface area contributed by atoms with E-state index in [-0.39, 0.29) is 12.5 Å². The summed E-state index contributed by atoms with van der Waals surface area (Å²) in [6, 6.07) is 1.76. The van der Waals surface area contributed by atoms with E-state index in [2.05, 4.69) is 15.9 Å². The summed E-state index contributed by atoms with van der Waals surface area (Å²) in [5.74, 6) is -1.19. The van der Waals surface area contributed by atoms with Gasteiger partial charge in [0.1, 0.15) is 6.54 Å². The Morgan fingerprint density at radius 2 is 2.25 bits per heavy atom. The van der Waals surface area contributed by atoms with E-state index in [0.717, 1.165) is 8.66 Å². The predicted molar refractivity (Wildman–Crippen MR) is 63.7 cm³/mol. The highest BCUT2D eigenvalue weighted by atomic mass is 79.9. The molecule has 1 aliphatic heterocycles.